The van der Waals surface area contributed by atoms with Crippen molar-refractivity contribution >= 4 is 5.91 Å². The van der Waals surface area contributed by atoms with Gasteiger partial charge in [-0.05, 0) is 19.8 Å². The Labute approximate surface area is 82.0 Å². The highest BCUT2D eigenvalue weighted by Crippen LogP contribution is 2.33. The molecule has 1 aliphatic rings. The van der Waals surface area contributed by atoms with Crippen LogP contribution < -0.4 is 11.1 Å². The summed E-state index contributed by atoms with van der Waals surface area (Å²) in [6, 6.07) is -0.824. The molecule has 1 rings (SSSR count). The summed E-state index contributed by atoms with van der Waals surface area (Å²) in [6.45, 7) is 1.59. The van der Waals surface area contributed by atoms with Crippen LogP contribution in [0, 0.1) is 0 Å². The summed E-state index contributed by atoms with van der Waals surface area (Å²) >= 11 is 0. The third-order valence-corrected chi connectivity index (χ3v) is 2.55. The number of hydrogen-bond donors (Lipinski definition) is 2. The maximum absolute atomic E-state index is 12.9. The first-order valence-electron chi connectivity index (χ1n) is 4.84. The molecule has 0 bridgehead atoms. The van der Waals surface area contributed by atoms with Crippen LogP contribution in [0.3, 0.4) is 0 Å². The molecule has 0 aliphatic heterocycles. The van der Waals surface area contributed by atoms with Crippen molar-refractivity contribution in [2.24, 2.45) is 5.73 Å². The van der Waals surface area contributed by atoms with Gasteiger partial charge in [-0.15, -0.1) is 0 Å². The van der Waals surface area contributed by atoms with Crippen LogP contribution in [0.5, 0.6) is 0 Å². The summed E-state index contributed by atoms with van der Waals surface area (Å²) in [5.41, 5.74) is 5.03. The van der Waals surface area contributed by atoms with Crippen molar-refractivity contribution in [2.75, 3.05) is 0 Å². The number of carbonyl (C=O) groups is 1. The minimum atomic E-state index is -2.59. The molecular formula is C9H16F2N2O. The summed E-state index contributed by atoms with van der Waals surface area (Å²) in [4.78, 5) is 10.7. The molecule has 0 saturated heterocycles. The predicted octanol–water partition coefficient (Wildman–Crippen LogP) is 1.03. The van der Waals surface area contributed by atoms with Gasteiger partial charge in [0.2, 0.25) is 11.8 Å². The molecule has 82 valence electrons. The van der Waals surface area contributed by atoms with Gasteiger partial charge in [0.1, 0.15) is 0 Å². The molecule has 3 N–H and O–H groups in total. The van der Waals surface area contributed by atoms with Gasteiger partial charge < -0.3 is 11.1 Å². The molecule has 0 aromatic carbocycles. The first-order valence-corrected chi connectivity index (χ1v) is 4.84. The van der Waals surface area contributed by atoms with Crippen molar-refractivity contribution in [3.63, 3.8) is 0 Å². The van der Waals surface area contributed by atoms with Crippen LogP contribution >= 0.6 is 0 Å². The largest absolute Gasteiger partial charge is 0.368 e. The van der Waals surface area contributed by atoms with E-state index in [1.54, 1.807) is 6.92 Å². The topological polar surface area (TPSA) is 55.1 Å². The summed E-state index contributed by atoms with van der Waals surface area (Å²) < 4.78 is 25.9. The third-order valence-electron chi connectivity index (χ3n) is 2.55. The van der Waals surface area contributed by atoms with Gasteiger partial charge in [0.25, 0.3) is 0 Å². The van der Waals surface area contributed by atoms with Gasteiger partial charge in [0.15, 0.2) is 0 Å². The van der Waals surface area contributed by atoms with Crippen molar-refractivity contribution in [3.05, 3.63) is 0 Å². The highest BCUT2D eigenvalue weighted by molar-refractivity contribution is 5.79. The van der Waals surface area contributed by atoms with E-state index in [2.05, 4.69) is 5.32 Å². The van der Waals surface area contributed by atoms with Gasteiger partial charge in [-0.1, -0.05) is 0 Å². The minimum absolute atomic E-state index is 0.0455. The van der Waals surface area contributed by atoms with Gasteiger partial charge in [0.05, 0.1) is 6.04 Å². The van der Waals surface area contributed by atoms with Crippen LogP contribution in [-0.4, -0.2) is 23.9 Å². The highest BCUT2D eigenvalue weighted by Gasteiger charge is 2.36. The van der Waals surface area contributed by atoms with E-state index < -0.39 is 17.9 Å². The maximum atomic E-state index is 12.9. The smallest absolute Gasteiger partial charge is 0.249 e. The number of carbonyl (C=O) groups excluding carboxylic acids is 1. The van der Waals surface area contributed by atoms with E-state index in [-0.39, 0.29) is 18.9 Å². The third kappa shape index (κ3) is 3.21. The van der Waals surface area contributed by atoms with Crippen LogP contribution in [-0.2, 0) is 4.79 Å². The zero-order valence-corrected chi connectivity index (χ0v) is 8.22. The van der Waals surface area contributed by atoms with Crippen LogP contribution in [0.1, 0.15) is 32.6 Å². The number of nitrogens with two attached hydrogens (primary N) is 1. The normalized spacial score (nSPS) is 28.4. The van der Waals surface area contributed by atoms with Crippen LogP contribution in [0.4, 0.5) is 8.78 Å². The van der Waals surface area contributed by atoms with Gasteiger partial charge in [0, 0.05) is 18.9 Å². The number of hydrogen-bond acceptors (Lipinski definition) is 2. The average molecular weight is 206 g/mol. The number of alkyl halides is 2. The Morgan fingerprint density at radius 1 is 1.64 bits per heavy atom. The molecule has 0 heterocycles. The SMILES string of the molecule is CC(NC1CCCC(F)(F)C1)C(N)=O. The number of nitrogens with one attached hydrogen (secondary N) is 1. The van der Waals surface area contributed by atoms with E-state index in [0.717, 1.165) is 0 Å². The second kappa shape index (κ2) is 4.21. The van der Waals surface area contributed by atoms with Gasteiger partial charge in [-0.25, -0.2) is 8.78 Å². The van der Waals surface area contributed by atoms with Crippen molar-refractivity contribution in [3.8, 4) is 0 Å². The van der Waals surface area contributed by atoms with Crippen molar-refractivity contribution in [1.82, 2.24) is 5.32 Å². The molecule has 1 fully saturated rings. The van der Waals surface area contributed by atoms with E-state index in [1.807, 2.05) is 0 Å². The fourth-order valence-corrected chi connectivity index (χ4v) is 1.75. The molecule has 0 spiro atoms. The molecule has 1 aliphatic carbocycles. The first kappa shape index (κ1) is 11.4. The van der Waals surface area contributed by atoms with Gasteiger partial charge in [-0.3, -0.25) is 4.79 Å². The zero-order valence-electron chi connectivity index (χ0n) is 8.22. The van der Waals surface area contributed by atoms with E-state index in [1.165, 1.54) is 0 Å². The van der Waals surface area contributed by atoms with Crippen molar-refractivity contribution < 1.29 is 13.6 Å². The molecule has 14 heavy (non-hydrogen) atoms. The Morgan fingerprint density at radius 3 is 2.79 bits per heavy atom. The average Bonchev–Trinajstić information content (AvgIpc) is 2.01. The molecule has 1 saturated carbocycles. The lowest BCUT2D eigenvalue weighted by atomic mass is 9.91. The van der Waals surface area contributed by atoms with Crippen LogP contribution in [0.2, 0.25) is 0 Å². The molecule has 0 radical (unpaired) electrons. The van der Waals surface area contributed by atoms with Crippen molar-refractivity contribution in [1.29, 1.82) is 0 Å². The second-order valence-electron chi connectivity index (χ2n) is 3.94. The number of amides is 1. The minimum Gasteiger partial charge on any atom is -0.368 e. The standard InChI is InChI=1S/C9H16F2N2O/c1-6(8(12)14)13-7-3-2-4-9(10,11)5-7/h6-7,13H,2-5H2,1H3,(H2,12,14). The van der Waals surface area contributed by atoms with E-state index >= 15 is 0 Å². The summed E-state index contributed by atoms with van der Waals surface area (Å²) in [6.07, 6.45) is 0.949. The molecular weight excluding hydrogens is 190 g/mol. The first-order chi connectivity index (χ1) is 6.41. The molecule has 0 aromatic rings. The monoisotopic (exact) mass is 206 g/mol. The Morgan fingerprint density at radius 2 is 2.29 bits per heavy atom. The fraction of sp³-hybridized carbons (Fsp3) is 0.889. The van der Waals surface area contributed by atoms with E-state index in [4.69, 9.17) is 5.73 Å². The number of rotatable bonds is 3. The van der Waals surface area contributed by atoms with Crippen LogP contribution in [0.15, 0.2) is 0 Å². The Balaban J connectivity index is 2.42. The summed E-state index contributed by atoms with van der Waals surface area (Å²) in [5, 5.41) is 2.82. The fourth-order valence-electron chi connectivity index (χ4n) is 1.75. The lowest BCUT2D eigenvalue weighted by Gasteiger charge is -2.30. The van der Waals surface area contributed by atoms with Gasteiger partial charge in [-0.2, -0.15) is 0 Å². The highest BCUT2D eigenvalue weighted by atomic mass is 19.3. The molecule has 2 unspecified atom stereocenters. The van der Waals surface area contributed by atoms with Crippen molar-refractivity contribution in [2.45, 2.75) is 50.6 Å². The Kier molecular flexibility index (Phi) is 3.42. The van der Waals surface area contributed by atoms with Gasteiger partial charge >= 0.3 is 0 Å². The van der Waals surface area contributed by atoms with E-state index in [0.29, 0.717) is 12.8 Å². The lowest BCUT2D eigenvalue weighted by Crippen LogP contribution is -2.48. The lowest BCUT2D eigenvalue weighted by molar-refractivity contribution is -0.120. The maximum Gasteiger partial charge on any atom is 0.249 e. The predicted molar refractivity (Wildman–Crippen MR) is 49.0 cm³/mol. The summed E-state index contributed by atoms with van der Waals surface area (Å²) in [7, 11) is 0. The number of primary amides is 1. The Hall–Kier alpha value is -0.710. The second-order valence-corrected chi connectivity index (χ2v) is 3.94. The molecule has 2 atom stereocenters. The summed E-state index contributed by atoms with van der Waals surface area (Å²) in [5.74, 6) is -3.09. The number of halogens is 2. The molecule has 0 aromatic heterocycles. The van der Waals surface area contributed by atoms with E-state index in [9.17, 15) is 13.6 Å². The quantitative estimate of drug-likeness (QED) is 0.724. The zero-order chi connectivity index (χ0) is 10.8. The van der Waals surface area contributed by atoms with Crippen LogP contribution in [0.25, 0.3) is 0 Å². The molecule has 1 amide bonds. The Bertz CT molecular complexity index is 221. The molecule has 5 heteroatoms. The molecule has 3 nitrogen and oxygen atoms in total.